The number of halogens is 3. The van der Waals surface area contributed by atoms with Crippen molar-refractivity contribution in [2.75, 3.05) is 5.32 Å². The summed E-state index contributed by atoms with van der Waals surface area (Å²) in [5.41, 5.74) is 0.401. The fourth-order valence-electron chi connectivity index (χ4n) is 3.10. The summed E-state index contributed by atoms with van der Waals surface area (Å²) >= 11 is 0. The van der Waals surface area contributed by atoms with Crippen LogP contribution in [0.15, 0.2) is 30.6 Å². The fraction of sp³-hybridized carbons (Fsp3) is 0.368. The molecule has 1 aromatic heterocycles. The summed E-state index contributed by atoms with van der Waals surface area (Å²) in [7, 11) is 0. The molecule has 1 fully saturated rings. The SMILES string of the molecule is O=C(NC1CCCCCC1)c1cncc(Nc2ccc(F)c(F)c2F)c1. The van der Waals surface area contributed by atoms with E-state index in [0.29, 0.717) is 11.3 Å². The Labute approximate surface area is 149 Å². The highest BCUT2D eigenvalue weighted by molar-refractivity contribution is 5.95. The van der Waals surface area contributed by atoms with Crippen LogP contribution < -0.4 is 10.6 Å². The van der Waals surface area contributed by atoms with Crippen LogP contribution in [-0.4, -0.2) is 16.9 Å². The lowest BCUT2D eigenvalue weighted by atomic mass is 10.1. The molecular weight excluding hydrogens is 343 g/mol. The highest BCUT2D eigenvalue weighted by Gasteiger charge is 2.17. The highest BCUT2D eigenvalue weighted by atomic mass is 19.2. The van der Waals surface area contributed by atoms with Gasteiger partial charge in [0.05, 0.1) is 23.1 Å². The van der Waals surface area contributed by atoms with Gasteiger partial charge in [0.2, 0.25) is 0 Å². The molecule has 0 radical (unpaired) electrons. The predicted molar refractivity (Wildman–Crippen MR) is 92.8 cm³/mol. The highest BCUT2D eigenvalue weighted by Crippen LogP contribution is 2.24. The Morgan fingerprint density at radius 1 is 1.00 bits per heavy atom. The van der Waals surface area contributed by atoms with E-state index in [0.717, 1.165) is 37.8 Å². The number of benzene rings is 1. The summed E-state index contributed by atoms with van der Waals surface area (Å²) in [5.74, 6) is -4.38. The van der Waals surface area contributed by atoms with Crippen molar-refractivity contribution in [3.05, 3.63) is 53.6 Å². The molecule has 26 heavy (non-hydrogen) atoms. The van der Waals surface area contributed by atoms with Crippen molar-refractivity contribution in [2.24, 2.45) is 0 Å². The summed E-state index contributed by atoms with van der Waals surface area (Å²) in [4.78, 5) is 16.4. The van der Waals surface area contributed by atoms with Crippen molar-refractivity contribution < 1.29 is 18.0 Å². The molecule has 1 heterocycles. The number of amides is 1. The van der Waals surface area contributed by atoms with Crippen LogP contribution in [-0.2, 0) is 0 Å². The monoisotopic (exact) mass is 363 g/mol. The van der Waals surface area contributed by atoms with Crippen LogP contribution in [0.4, 0.5) is 24.5 Å². The van der Waals surface area contributed by atoms with Gasteiger partial charge in [-0.2, -0.15) is 0 Å². The third-order valence-electron chi connectivity index (χ3n) is 4.51. The second-order valence-corrected chi connectivity index (χ2v) is 6.47. The Balaban J connectivity index is 1.71. The molecule has 0 unspecified atom stereocenters. The molecule has 138 valence electrons. The molecule has 1 aliphatic carbocycles. The van der Waals surface area contributed by atoms with E-state index in [1.165, 1.54) is 31.3 Å². The first-order valence-electron chi connectivity index (χ1n) is 8.71. The van der Waals surface area contributed by atoms with Gasteiger partial charge < -0.3 is 10.6 Å². The van der Waals surface area contributed by atoms with Crippen LogP contribution in [0.2, 0.25) is 0 Å². The van der Waals surface area contributed by atoms with Gasteiger partial charge in [0.1, 0.15) is 0 Å². The Morgan fingerprint density at radius 3 is 2.46 bits per heavy atom. The number of anilines is 2. The van der Waals surface area contributed by atoms with Crippen molar-refractivity contribution in [2.45, 2.75) is 44.6 Å². The van der Waals surface area contributed by atoms with Gasteiger partial charge in [-0.15, -0.1) is 0 Å². The molecular formula is C19H20F3N3O. The minimum absolute atomic E-state index is 0.144. The van der Waals surface area contributed by atoms with Crippen molar-refractivity contribution in [3.63, 3.8) is 0 Å². The third-order valence-corrected chi connectivity index (χ3v) is 4.51. The molecule has 3 rings (SSSR count). The van der Waals surface area contributed by atoms with Crippen LogP contribution in [0.1, 0.15) is 48.9 Å². The topological polar surface area (TPSA) is 54.0 Å². The van der Waals surface area contributed by atoms with E-state index in [9.17, 15) is 18.0 Å². The van der Waals surface area contributed by atoms with E-state index in [2.05, 4.69) is 15.6 Å². The molecule has 0 atom stereocenters. The van der Waals surface area contributed by atoms with E-state index in [1.807, 2.05) is 0 Å². The Hall–Kier alpha value is -2.57. The molecule has 2 N–H and O–H groups in total. The number of hydrogen-bond donors (Lipinski definition) is 2. The average molecular weight is 363 g/mol. The number of aromatic nitrogens is 1. The standard InChI is InChI=1S/C19H20F3N3O/c20-15-7-8-16(18(22)17(15)21)24-14-9-12(10-23-11-14)19(26)25-13-5-3-1-2-4-6-13/h7-11,13,24H,1-6H2,(H,25,26). The van der Waals surface area contributed by atoms with Gasteiger partial charge >= 0.3 is 0 Å². The molecule has 0 bridgehead atoms. The van der Waals surface area contributed by atoms with Crippen molar-refractivity contribution in [3.8, 4) is 0 Å². The minimum atomic E-state index is -1.55. The molecule has 1 saturated carbocycles. The number of pyridine rings is 1. The van der Waals surface area contributed by atoms with Gasteiger partial charge in [-0.05, 0) is 31.0 Å². The molecule has 1 aliphatic rings. The first-order chi connectivity index (χ1) is 12.5. The number of rotatable bonds is 4. The third kappa shape index (κ3) is 4.33. The molecule has 7 heteroatoms. The summed E-state index contributed by atoms with van der Waals surface area (Å²) in [5, 5.41) is 5.63. The normalized spacial score (nSPS) is 15.3. The van der Waals surface area contributed by atoms with Crippen molar-refractivity contribution in [1.82, 2.24) is 10.3 Å². The maximum atomic E-state index is 13.8. The van der Waals surface area contributed by atoms with E-state index < -0.39 is 17.5 Å². The van der Waals surface area contributed by atoms with Gasteiger partial charge in [-0.1, -0.05) is 25.7 Å². The summed E-state index contributed by atoms with van der Waals surface area (Å²) in [6.45, 7) is 0. The van der Waals surface area contributed by atoms with Crippen LogP contribution in [0.5, 0.6) is 0 Å². The zero-order chi connectivity index (χ0) is 18.5. The number of carbonyl (C=O) groups excluding carboxylic acids is 1. The Bertz CT molecular complexity index is 790. The minimum Gasteiger partial charge on any atom is -0.352 e. The maximum Gasteiger partial charge on any atom is 0.253 e. The Kier molecular flexibility index (Phi) is 5.75. The average Bonchev–Trinajstić information content (AvgIpc) is 2.91. The number of nitrogens with zero attached hydrogens (tertiary/aromatic N) is 1. The molecule has 4 nitrogen and oxygen atoms in total. The summed E-state index contributed by atoms with van der Waals surface area (Å²) < 4.78 is 40.1. The van der Waals surface area contributed by atoms with Crippen LogP contribution in [0, 0.1) is 17.5 Å². The fourth-order valence-corrected chi connectivity index (χ4v) is 3.10. The zero-order valence-corrected chi connectivity index (χ0v) is 14.2. The van der Waals surface area contributed by atoms with E-state index >= 15 is 0 Å². The zero-order valence-electron chi connectivity index (χ0n) is 14.2. The Morgan fingerprint density at radius 2 is 1.73 bits per heavy atom. The first kappa shape index (κ1) is 18.2. The van der Waals surface area contributed by atoms with Crippen LogP contribution >= 0.6 is 0 Å². The van der Waals surface area contributed by atoms with Gasteiger partial charge in [-0.3, -0.25) is 9.78 Å². The molecule has 0 saturated heterocycles. The quantitative estimate of drug-likeness (QED) is 0.612. The van der Waals surface area contributed by atoms with Crippen molar-refractivity contribution >= 4 is 17.3 Å². The van der Waals surface area contributed by atoms with Crippen LogP contribution in [0.25, 0.3) is 0 Å². The number of hydrogen-bond acceptors (Lipinski definition) is 3. The van der Waals surface area contributed by atoms with Gasteiger partial charge in [-0.25, -0.2) is 13.2 Å². The van der Waals surface area contributed by atoms with Gasteiger partial charge in [0.25, 0.3) is 5.91 Å². The smallest absolute Gasteiger partial charge is 0.253 e. The number of carbonyl (C=O) groups is 1. The molecule has 1 amide bonds. The van der Waals surface area contributed by atoms with Gasteiger partial charge in [0, 0.05) is 12.2 Å². The second-order valence-electron chi connectivity index (χ2n) is 6.47. The van der Waals surface area contributed by atoms with Crippen LogP contribution in [0.3, 0.4) is 0 Å². The van der Waals surface area contributed by atoms with Gasteiger partial charge in [0.15, 0.2) is 17.5 Å². The summed E-state index contributed by atoms with van der Waals surface area (Å²) in [6, 6.07) is 3.56. The predicted octanol–water partition coefficient (Wildman–Crippen LogP) is 4.70. The lowest BCUT2D eigenvalue weighted by Crippen LogP contribution is -2.34. The van der Waals surface area contributed by atoms with E-state index in [4.69, 9.17) is 0 Å². The van der Waals surface area contributed by atoms with E-state index in [1.54, 1.807) is 0 Å². The summed E-state index contributed by atoms with van der Waals surface area (Å²) in [6.07, 6.45) is 9.27. The molecule has 0 spiro atoms. The second kappa shape index (κ2) is 8.21. The molecule has 1 aromatic carbocycles. The molecule has 2 aromatic rings. The largest absolute Gasteiger partial charge is 0.352 e. The van der Waals surface area contributed by atoms with E-state index in [-0.39, 0.29) is 17.6 Å². The van der Waals surface area contributed by atoms with Crippen molar-refractivity contribution in [1.29, 1.82) is 0 Å². The number of nitrogens with one attached hydrogen (secondary N) is 2. The maximum absolute atomic E-state index is 13.8. The molecule has 0 aliphatic heterocycles. The lowest BCUT2D eigenvalue weighted by molar-refractivity contribution is 0.0933. The lowest BCUT2D eigenvalue weighted by Gasteiger charge is -2.16. The first-order valence-corrected chi connectivity index (χ1v) is 8.71.